The molecule has 2 fully saturated rings. The van der Waals surface area contributed by atoms with Crippen molar-refractivity contribution in [1.29, 1.82) is 0 Å². The van der Waals surface area contributed by atoms with Crippen LogP contribution in [0.2, 0.25) is 0 Å². The molecule has 1 aromatic carbocycles. The molecule has 0 unspecified atom stereocenters. The number of halogens is 3. The third kappa shape index (κ3) is 9.67. The Hall–Kier alpha value is -4.49. The Bertz CT molecular complexity index is 2200. The summed E-state index contributed by atoms with van der Waals surface area (Å²) >= 11 is 1.09. The minimum atomic E-state index is -4.57. The lowest BCUT2D eigenvalue weighted by atomic mass is 9.84. The fourth-order valence-electron chi connectivity index (χ4n) is 7.95. The van der Waals surface area contributed by atoms with E-state index in [2.05, 4.69) is 25.4 Å². The van der Waals surface area contributed by atoms with E-state index in [4.69, 9.17) is 19.2 Å². The van der Waals surface area contributed by atoms with Crippen LogP contribution in [0.1, 0.15) is 70.6 Å². The number of esters is 1. The third-order valence-electron chi connectivity index (χ3n) is 11.4. The average Bonchev–Trinajstić information content (AvgIpc) is 3.77. The molecule has 7 rings (SSSR count). The zero-order valence-electron chi connectivity index (χ0n) is 34.7. The number of carbonyl (C=O) groups excluding carboxylic acids is 3. The van der Waals surface area contributed by atoms with Gasteiger partial charge in [0.15, 0.2) is 0 Å². The Kier molecular flexibility index (Phi) is 13.0. The van der Waals surface area contributed by atoms with Crippen molar-refractivity contribution in [3.8, 4) is 21.8 Å². The van der Waals surface area contributed by atoms with Crippen LogP contribution in [0.4, 0.5) is 13.2 Å². The number of amides is 2. The van der Waals surface area contributed by atoms with Crippen LogP contribution in [-0.4, -0.2) is 106 Å². The summed E-state index contributed by atoms with van der Waals surface area (Å²) in [7, 11) is 1.52. The molecule has 3 aliphatic heterocycles. The van der Waals surface area contributed by atoms with E-state index >= 15 is 0 Å². The lowest BCUT2D eigenvalue weighted by Gasteiger charge is -2.36. The van der Waals surface area contributed by atoms with E-state index in [-0.39, 0.29) is 44.0 Å². The number of aromatic nitrogens is 4. The molecule has 2 amide bonds. The van der Waals surface area contributed by atoms with Gasteiger partial charge < -0.3 is 29.4 Å². The Labute approximate surface area is 351 Å². The van der Waals surface area contributed by atoms with E-state index in [1.807, 2.05) is 33.8 Å². The first-order valence-corrected chi connectivity index (χ1v) is 21.2. The monoisotopic (exact) mass is 854 g/mol. The molecule has 2 saturated heterocycles. The van der Waals surface area contributed by atoms with Crippen molar-refractivity contribution in [1.82, 2.24) is 40.0 Å². The molecule has 18 heteroatoms. The van der Waals surface area contributed by atoms with Crippen molar-refractivity contribution in [2.24, 2.45) is 17.3 Å². The van der Waals surface area contributed by atoms with Gasteiger partial charge in [-0.2, -0.15) is 17.5 Å². The molecule has 0 aliphatic carbocycles. The number of rotatable bonds is 10. The Morgan fingerprint density at radius 1 is 1.17 bits per heavy atom. The fraction of sp³-hybridized carbons (Fsp3) is 0.571. The number of pyridine rings is 1. The number of ether oxygens (including phenoxy) is 3. The smallest absolute Gasteiger partial charge is 0.406 e. The summed E-state index contributed by atoms with van der Waals surface area (Å²) < 4.78 is 67.1. The molecule has 6 bridgehead atoms. The molecule has 0 radical (unpaired) electrons. The lowest BCUT2D eigenvalue weighted by Crippen LogP contribution is -2.61. The van der Waals surface area contributed by atoms with E-state index < -0.39 is 54.1 Å². The van der Waals surface area contributed by atoms with E-state index in [1.165, 1.54) is 16.7 Å². The second-order valence-corrected chi connectivity index (χ2v) is 17.8. The van der Waals surface area contributed by atoms with E-state index in [0.717, 1.165) is 11.5 Å². The second-order valence-electron chi connectivity index (χ2n) is 17.1. The van der Waals surface area contributed by atoms with Crippen molar-refractivity contribution in [3.63, 3.8) is 0 Å². The molecule has 3 N–H and O–H groups in total. The number of nitrogens with one attached hydrogen (secondary N) is 3. The number of fused-ring (bicyclic) bond motifs is 6. The molecule has 6 heterocycles. The van der Waals surface area contributed by atoms with Crippen LogP contribution in [0.3, 0.4) is 0 Å². The summed E-state index contributed by atoms with van der Waals surface area (Å²) in [6.45, 7) is 10.0. The summed E-state index contributed by atoms with van der Waals surface area (Å²) in [5, 5.41) is 8.54. The van der Waals surface area contributed by atoms with Gasteiger partial charge in [-0.15, -0.1) is 0 Å². The third-order valence-corrected chi connectivity index (χ3v) is 12.3. The number of alkyl halides is 3. The number of cyclic esters (lactones) is 1. The summed E-state index contributed by atoms with van der Waals surface area (Å²) in [4.78, 5) is 51.3. The minimum absolute atomic E-state index is 0.0199. The van der Waals surface area contributed by atoms with Gasteiger partial charge in [0.1, 0.15) is 29.5 Å². The highest BCUT2D eigenvalue weighted by molar-refractivity contribution is 7.09. The predicted molar refractivity (Wildman–Crippen MR) is 218 cm³/mol. The molecule has 0 saturated carbocycles. The molecule has 324 valence electrons. The second kappa shape index (κ2) is 17.8. The van der Waals surface area contributed by atoms with Crippen LogP contribution < -0.4 is 16.1 Å². The number of methoxy groups -OCH3 is 1. The van der Waals surface area contributed by atoms with Gasteiger partial charge in [-0.3, -0.25) is 24.4 Å². The van der Waals surface area contributed by atoms with Crippen molar-refractivity contribution in [2.75, 3.05) is 40.0 Å². The van der Waals surface area contributed by atoms with E-state index in [1.54, 1.807) is 37.4 Å². The average molecular weight is 855 g/mol. The highest BCUT2D eigenvalue weighted by Crippen LogP contribution is 2.43. The van der Waals surface area contributed by atoms with Crippen LogP contribution in [0.5, 0.6) is 0 Å². The van der Waals surface area contributed by atoms with Gasteiger partial charge in [-0.25, -0.2) is 10.4 Å². The van der Waals surface area contributed by atoms with Gasteiger partial charge in [0.25, 0.3) is 5.91 Å². The maximum Gasteiger partial charge on any atom is 0.406 e. The van der Waals surface area contributed by atoms with Gasteiger partial charge in [0, 0.05) is 66.8 Å². The van der Waals surface area contributed by atoms with Crippen molar-refractivity contribution in [2.45, 2.75) is 97.3 Å². The van der Waals surface area contributed by atoms with Crippen LogP contribution in [0.25, 0.3) is 32.7 Å². The van der Waals surface area contributed by atoms with Crippen LogP contribution in [0.15, 0.2) is 36.5 Å². The number of hydrogen-bond acceptors (Lipinski definition) is 12. The minimum Gasteiger partial charge on any atom is -0.464 e. The lowest BCUT2D eigenvalue weighted by molar-refractivity contribution is -0.155. The van der Waals surface area contributed by atoms with E-state index in [9.17, 15) is 27.6 Å². The zero-order chi connectivity index (χ0) is 42.9. The highest BCUT2D eigenvalue weighted by atomic mass is 32.1. The summed E-state index contributed by atoms with van der Waals surface area (Å²) in [5.41, 5.74) is 5.17. The molecular formula is C42H53F3N8O6S. The maximum atomic E-state index is 14.6. The Morgan fingerprint density at radius 3 is 2.65 bits per heavy atom. The van der Waals surface area contributed by atoms with Gasteiger partial charge >= 0.3 is 12.1 Å². The summed E-state index contributed by atoms with van der Waals surface area (Å²) in [5.74, 6) is -1.70. The zero-order valence-corrected chi connectivity index (χ0v) is 35.5. The number of hydrazine groups is 1. The molecule has 4 atom stereocenters. The first kappa shape index (κ1) is 43.6. The highest BCUT2D eigenvalue weighted by Gasteiger charge is 2.38. The molecule has 3 aromatic heterocycles. The SMILES string of the molecule is CO[C@@H](C)c1ncccc1-c1c2c3cc(ccc3n1CC(F)(F)F)-c1nc(ns1)C[C@H](NC(=O)[C@@H](COC1CNC1)C(C)C)C(=O)N1CCC[C@H](N1)C(=O)OCC(C)(C)C2. The van der Waals surface area contributed by atoms with E-state index in [0.29, 0.717) is 82.3 Å². The molecule has 0 spiro atoms. The van der Waals surface area contributed by atoms with Gasteiger partial charge in [-0.1, -0.05) is 27.7 Å². The standard InChI is InChI=1S/C42H53F3N8O6S/c1-23(2)30(20-58-26-18-46-19-26)37(54)48-32-16-34-49-38(60-51-34)25-11-12-33-28(15-25)29(17-41(4,5)22-59-40(56)31-10-8-14-53(50-31)39(32)55)36(52(33)21-42(43,44)45)27-9-7-13-47-35(27)24(3)57-6/h7,9,11-13,15,23-24,26,30-32,46,50H,8,10,14,16-22H2,1-6H3,(H,48,54)/t24-,30-,31-,32-/m0/s1. The predicted octanol–water partition coefficient (Wildman–Crippen LogP) is 5.40. The van der Waals surface area contributed by atoms with Gasteiger partial charge in [-0.05, 0) is 79.5 Å². The maximum absolute atomic E-state index is 14.6. The quantitative estimate of drug-likeness (QED) is 0.175. The normalized spacial score (nSPS) is 21.3. The first-order chi connectivity index (χ1) is 28.5. The summed E-state index contributed by atoms with van der Waals surface area (Å²) in [6.07, 6.45) is -2.43. The van der Waals surface area contributed by atoms with Crippen molar-refractivity contribution >= 4 is 40.2 Å². The molecular weight excluding hydrogens is 802 g/mol. The largest absolute Gasteiger partial charge is 0.464 e. The topological polar surface area (TPSA) is 162 Å². The fourth-order valence-corrected chi connectivity index (χ4v) is 8.63. The Balaban J connectivity index is 1.34. The molecule has 3 aliphatic rings. The molecule has 14 nitrogen and oxygen atoms in total. The molecule has 60 heavy (non-hydrogen) atoms. The summed E-state index contributed by atoms with van der Waals surface area (Å²) in [6, 6.07) is 6.69. The number of nitrogens with zero attached hydrogens (tertiary/aromatic N) is 5. The number of hydrogen-bond donors (Lipinski definition) is 3. The number of benzene rings is 1. The van der Waals surface area contributed by atoms with Gasteiger partial charge in [0.05, 0.1) is 42.7 Å². The van der Waals surface area contributed by atoms with Crippen molar-refractivity contribution < 1.29 is 41.8 Å². The van der Waals surface area contributed by atoms with Crippen LogP contribution >= 0.6 is 11.5 Å². The molecule has 4 aromatic rings. The van der Waals surface area contributed by atoms with Crippen LogP contribution in [0, 0.1) is 17.3 Å². The Morgan fingerprint density at radius 2 is 1.95 bits per heavy atom. The van der Waals surface area contributed by atoms with Crippen LogP contribution in [-0.2, 0) is 48.0 Å². The van der Waals surface area contributed by atoms with Crippen molar-refractivity contribution in [3.05, 3.63) is 53.6 Å². The first-order valence-electron chi connectivity index (χ1n) is 20.4. The number of carbonyl (C=O) groups is 3. The van der Waals surface area contributed by atoms with Gasteiger partial charge in [0.2, 0.25) is 5.91 Å².